The van der Waals surface area contributed by atoms with Gasteiger partial charge in [-0.3, -0.25) is 4.79 Å². The minimum atomic E-state index is -1.74. The lowest BCUT2D eigenvalue weighted by Crippen LogP contribution is -2.52. The van der Waals surface area contributed by atoms with Crippen LogP contribution in [0, 0.1) is 0 Å². The van der Waals surface area contributed by atoms with Crippen molar-refractivity contribution in [3.05, 3.63) is 57.6 Å². The Labute approximate surface area is 224 Å². The average Bonchev–Trinajstić information content (AvgIpc) is 2.67. The molecule has 0 amide bonds. The summed E-state index contributed by atoms with van der Waals surface area (Å²) in [5, 5.41) is 32.9. The van der Waals surface area contributed by atoms with Gasteiger partial charge in [-0.2, -0.15) is 0 Å². The molecule has 0 aliphatic rings. The van der Waals surface area contributed by atoms with Gasteiger partial charge >= 0.3 is 5.97 Å². The largest absolute Gasteiger partial charge is 0.507 e. The smallest absolute Gasteiger partial charge is 0.324 e. The Hall–Kier alpha value is -2.53. The van der Waals surface area contributed by atoms with Crippen molar-refractivity contribution in [1.82, 2.24) is 0 Å². The van der Waals surface area contributed by atoms with Crippen LogP contribution in [0.4, 0.5) is 0 Å². The number of carbonyl (C=O) groups is 1. The van der Waals surface area contributed by atoms with Crippen molar-refractivity contribution in [2.45, 2.75) is 123 Å². The molecule has 0 atom stereocenters. The molecule has 0 heterocycles. The Kier molecular flexibility index (Phi) is 8.01. The summed E-state index contributed by atoms with van der Waals surface area (Å²) in [7, 11) is 0. The standard InChI is InChI=1S/C32H49NO4/c1-28(2,3)21-13-19(25(34)23(15-21)30(7,8)9)17-32(33,27(36)37)18-20-14-22(29(4,5)6)16-24(26(20)35)31(10,11)12/h13-16,34-35H,17-18,33H2,1-12H3,(H,36,37). The maximum absolute atomic E-state index is 12.7. The number of aromatic hydroxyl groups is 2. The second kappa shape index (κ2) is 9.65. The molecule has 2 aromatic carbocycles. The normalized spacial score (nSPS) is 13.6. The summed E-state index contributed by atoms with van der Waals surface area (Å²) in [5.41, 5.74) is 8.35. The van der Waals surface area contributed by atoms with Gasteiger partial charge in [-0.25, -0.2) is 0 Å². The summed E-state index contributed by atoms with van der Waals surface area (Å²) < 4.78 is 0. The number of benzene rings is 2. The van der Waals surface area contributed by atoms with Gasteiger partial charge < -0.3 is 21.1 Å². The molecule has 0 aliphatic heterocycles. The first-order valence-electron chi connectivity index (χ1n) is 13.1. The van der Waals surface area contributed by atoms with E-state index in [1.54, 1.807) is 0 Å². The monoisotopic (exact) mass is 511 g/mol. The maximum atomic E-state index is 12.7. The Morgan fingerprint density at radius 2 is 0.919 bits per heavy atom. The molecule has 0 radical (unpaired) electrons. The van der Waals surface area contributed by atoms with Crippen molar-refractivity contribution in [3.63, 3.8) is 0 Å². The summed E-state index contributed by atoms with van der Waals surface area (Å²) in [6, 6.07) is 7.76. The fourth-order valence-electron chi connectivity index (χ4n) is 4.56. The molecule has 5 heteroatoms. The summed E-state index contributed by atoms with van der Waals surface area (Å²) in [5.74, 6) is -1.01. The third-order valence-electron chi connectivity index (χ3n) is 7.16. The minimum absolute atomic E-state index is 0.0782. The number of phenols is 2. The number of rotatable bonds is 5. The van der Waals surface area contributed by atoms with E-state index in [1.807, 2.05) is 65.8 Å². The lowest BCUT2D eigenvalue weighted by Gasteiger charge is -2.32. The van der Waals surface area contributed by atoms with Crippen molar-refractivity contribution >= 4 is 5.97 Å². The van der Waals surface area contributed by atoms with E-state index in [0.717, 1.165) is 22.3 Å². The second-order valence-corrected chi connectivity index (χ2v) is 14.9. The number of hydrogen-bond acceptors (Lipinski definition) is 4. The molecule has 0 fully saturated rings. The van der Waals surface area contributed by atoms with Gasteiger partial charge in [0.25, 0.3) is 0 Å². The Morgan fingerprint density at radius 3 is 1.14 bits per heavy atom. The first-order chi connectivity index (χ1) is 16.4. The Bertz CT molecular complexity index is 1080. The van der Waals surface area contributed by atoms with E-state index in [9.17, 15) is 20.1 Å². The molecule has 5 nitrogen and oxygen atoms in total. The summed E-state index contributed by atoms with van der Waals surface area (Å²) >= 11 is 0. The molecule has 0 saturated carbocycles. The molecule has 0 aliphatic carbocycles. The van der Waals surface area contributed by atoms with Crippen molar-refractivity contribution in [2.24, 2.45) is 5.73 Å². The number of carboxylic acids is 1. The number of aliphatic carboxylic acids is 1. The SMILES string of the molecule is CC(C)(C)c1cc(CC(N)(Cc2cc(C(C)(C)C)cc(C(C)(C)C)c2O)C(=O)O)c(O)c(C(C)(C)C)c1. The number of nitrogens with two attached hydrogens (primary N) is 1. The van der Waals surface area contributed by atoms with E-state index in [-0.39, 0.29) is 46.0 Å². The lowest BCUT2D eigenvalue weighted by molar-refractivity contribution is -0.143. The molecule has 2 rings (SSSR count). The zero-order chi connectivity index (χ0) is 28.9. The van der Waals surface area contributed by atoms with Crippen LogP contribution in [0.15, 0.2) is 24.3 Å². The number of phenolic OH excluding ortho intramolecular Hbond substituents is 2. The average molecular weight is 512 g/mol. The van der Waals surface area contributed by atoms with E-state index in [4.69, 9.17) is 5.73 Å². The third-order valence-corrected chi connectivity index (χ3v) is 7.16. The van der Waals surface area contributed by atoms with Gasteiger partial charge in [0.15, 0.2) is 0 Å². The van der Waals surface area contributed by atoms with Gasteiger partial charge in [0.1, 0.15) is 17.0 Å². The Morgan fingerprint density at radius 1 is 0.622 bits per heavy atom. The molecule has 0 aromatic heterocycles. The van der Waals surface area contributed by atoms with Gasteiger partial charge in [-0.1, -0.05) is 107 Å². The Balaban J connectivity index is 2.75. The van der Waals surface area contributed by atoms with Crippen molar-refractivity contribution in [3.8, 4) is 11.5 Å². The molecule has 206 valence electrons. The summed E-state index contributed by atoms with van der Waals surface area (Å²) in [6.07, 6.45) is -0.156. The van der Waals surface area contributed by atoms with Crippen LogP contribution in [0.3, 0.4) is 0 Å². The van der Waals surface area contributed by atoms with Crippen LogP contribution in [-0.2, 0) is 39.3 Å². The van der Waals surface area contributed by atoms with E-state index < -0.39 is 11.5 Å². The third kappa shape index (κ3) is 6.87. The van der Waals surface area contributed by atoms with E-state index in [2.05, 4.69) is 41.5 Å². The highest BCUT2D eigenvalue weighted by molar-refractivity contribution is 5.80. The van der Waals surface area contributed by atoms with Crippen LogP contribution >= 0.6 is 0 Å². The van der Waals surface area contributed by atoms with Gasteiger partial charge in [0.05, 0.1) is 0 Å². The fraction of sp³-hybridized carbons (Fsp3) is 0.594. The summed E-state index contributed by atoms with van der Waals surface area (Å²) in [6.45, 7) is 24.7. The van der Waals surface area contributed by atoms with E-state index in [0.29, 0.717) is 11.1 Å². The first kappa shape index (κ1) is 30.7. The van der Waals surface area contributed by atoms with Gasteiger partial charge in [-0.05, 0) is 55.0 Å². The van der Waals surface area contributed by atoms with Crippen LogP contribution in [0.1, 0.15) is 116 Å². The van der Waals surface area contributed by atoms with Gasteiger partial charge in [-0.15, -0.1) is 0 Å². The van der Waals surface area contributed by atoms with Crippen LogP contribution in [0.2, 0.25) is 0 Å². The predicted molar refractivity (Wildman–Crippen MR) is 153 cm³/mol. The van der Waals surface area contributed by atoms with Gasteiger partial charge in [0, 0.05) is 12.8 Å². The zero-order valence-corrected chi connectivity index (χ0v) is 25.1. The molecule has 37 heavy (non-hydrogen) atoms. The molecular weight excluding hydrogens is 462 g/mol. The molecular formula is C32H49NO4. The molecule has 5 N–H and O–H groups in total. The quantitative estimate of drug-likeness (QED) is 0.351. The highest BCUT2D eigenvalue weighted by atomic mass is 16.4. The summed E-state index contributed by atoms with van der Waals surface area (Å²) in [4.78, 5) is 12.7. The zero-order valence-electron chi connectivity index (χ0n) is 25.1. The highest BCUT2D eigenvalue weighted by Crippen LogP contribution is 2.41. The number of hydrogen-bond donors (Lipinski definition) is 4. The minimum Gasteiger partial charge on any atom is -0.507 e. The fourth-order valence-corrected chi connectivity index (χ4v) is 4.56. The van der Waals surface area contributed by atoms with E-state index in [1.165, 1.54) is 0 Å². The van der Waals surface area contributed by atoms with Crippen LogP contribution < -0.4 is 5.73 Å². The van der Waals surface area contributed by atoms with Crippen LogP contribution in [0.5, 0.6) is 11.5 Å². The maximum Gasteiger partial charge on any atom is 0.324 e. The molecule has 0 spiro atoms. The molecule has 0 saturated heterocycles. The lowest BCUT2D eigenvalue weighted by atomic mass is 9.75. The van der Waals surface area contributed by atoms with Crippen molar-refractivity contribution in [1.29, 1.82) is 0 Å². The molecule has 0 bridgehead atoms. The van der Waals surface area contributed by atoms with Gasteiger partial charge in [0.2, 0.25) is 0 Å². The van der Waals surface area contributed by atoms with Crippen LogP contribution in [0.25, 0.3) is 0 Å². The van der Waals surface area contributed by atoms with Crippen molar-refractivity contribution < 1.29 is 20.1 Å². The van der Waals surface area contributed by atoms with Crippen molar-refractivity contribution in [2.75, 3.05) is 0 Å². The van der Waals surface area contributed by atoms with Crippen LogP contribution in [-0.4, -0.2) is 26.8 Å². The predicted octanol–water partition coefficient (Wildman–Crippen LogP) is 6.86. The molecule has 2 aromatic rings. The number of carboxylic acid groups (broad SMARTS) is 1. The first-order valence-corrected chi connectivity index (χ1v) is 13.1. The van der Waals surface area contributed by atoms with E-state index >= 15 is 0 Å². The second-order valence-electron chi connectivity index (χ2n) is 14.9. The molecule has 0 unspecified atom stereocenters. The highest BCUT2D eigenvalue weighted by Gasteiger charge is 2.38. The topological polar surface area (TPSA) is 104 Å².